The van der Waals surface area contributed by atoms with Crippen molar-refractivity contribution in [3.63, 3.8) is 0 Å². The Hall–Kier alpha value is -1.51. The fourth-order valence-corrected chi connectivity index (χ4v) is 2.56. The summed E-state index contributed by atoms with van der Waals surface area (Å²) in [6, 6.07) is 8.30. The van der Waals surface area contributed by atoms with Crippen LogP contribution in [0, 0.1) is 0 Å². The van der Waals surface area contributed by atoms with Gasteiger partial charge in [0.2, 0.25) is 5.91 Å². The fraction of sp³-hybridized carbons (Fsp3) is 0.533. The molecule has 0 atom stereocenters. The van der Waals surface area contributed by atoms with Gasteiger partial charge in [-0.1, -0.05) is 19.1 Å². The first kappa shape index (κ1) is 12.9. The van der Waals surface area contributed by atoms with Crippen molar-refractivity contribution < 1.29 is 9.53 Å². The Morgan fingerprint density at radius 2 is 1.89 bits per heavy atom. The molecule has 0 aliphatic carbocycles. The van der Waals surface area contributed by atoms with E-state index in [2.05, 4.69) is 12.1 Å². The summed E-state index contributed by atoms with van der Waals surface area (Å²) in [5, 5.41) is 0. The van der Waals surface area contributed by atoms with Crippen LogP contribution in [0.25, 0.3) is 0 Å². The van der Waals surface area contributed by atoms with Crippen molar-refractivity contribution in [2.45, 2.75) is 32.1 Å². The molecular formula is C15H21NO2. The summed E-state index contributed by atoms with van der Waals surface area (Å²) < 4.78 is 5.17. The zero-order valence-electron chi connectivity index (χ0n) is 11.2. The van der Waals surface area contributed by atoms with Crippen LogP contribution in [0.1, 0.15) is 37.7 Å². The lowest BCUT2D eigenvalue weighted by molar-refractivity contribution is -0.131. The van der Waals surface area contributed by atoms with E-state index in [9.17, 15) is 4.79 Å². The number of hydrogen-bond acceptors (Lipinski definition) is 2. The van der Waals surface area contributed by atoms with Gasteiger partial charge >= 0.3 is 0 Å². The molecule has 1 fully saturated rings. The molecule has 1 aromatic rings. The Balaban J connectivity index is 1.94. The van der Waals surface area contributed by atoms with Crippen molar-refractivity contribution in [1.82, 2.24) is 4.90 Å². The smallest absolute Gasteiger partial charge is 0.222 e. The number of ether oxygens (including phenoxy) is 1. The lowest BCUT2D eigenvalue weighted by atomic mass is 9.89. The summed E-state index contributed by atoms with van der Waals surface area (Å²) in [4.78, 5) is 13.6. The van der Waals surface area contributed by atoms with Gasteiger partial charge in [-0.15, -0.1) is 0 Å². The predicted molar refractivity (Wildman–Crippen MR) is 71.8 cm³/mol. The Labute approximate surface area is 109 Å². The summed E-state index contributed by atoms with van der Waals surface area (Å²) in [5.41, 5.74) is 1.36. The molecule has 18 heavy (non-hydrogen) atoms. The van der Waals surface area contributed by atoms with Gasteiger partial charge in [0.05, 0.1) is 7.11 Å². The SMILES string of the molecule is CCC(=O)N1CCC(c2ccc(OC)cc2)CC1. The van der Waals surface area contributed by atoms with Crippen LogP contribution < -0.4 is 4.74 Å². The highest BCUT2D eigenvalue weighted by Gasteiger charge is 2.22. The number of methoxy groups -OCH3 is 1. The van der Waals surface area contributed by atoms with Crippen LogP contribution in [0.2, 0.25) is 0 Å². The van der Waals surface area contributed by atoms with Crippen LogP contribution in [0.5, 0.6) is 5.75 Å². The van der Waals surface area contributed by atoms with Gasteiger partial charge in [0, 0.05) is 19.5 Å². The lowest BCUT2D eigenvalue weighted by Gasteiger charge is -2.32. The Morgan fingerprint density at radius 1 is 1.28 bits per heavy atom. The third kappa shape index (κ3) is 2.84. The van der Waals surface area contributed by atoms with Crippen molar-refractivity contribution in [1.29, 1.82) is 0 Å². The average Bonchev–Trinajstić information content (AvgIpc) is 2.47. The molecule has 0 unspecified atom stereocenters. The molecule has 0 aromatic heterocycles. The molecule has 0 saturated carbocycles. The summed E-state index contributed by atoms with van der Waals surface area (Å²) in [6.45, 7) is 3.71. The van der Waals surface area contributed by atoms with Gasteiger partial charge < -0.3 is 9.64 Å². The third-order valence-electron chi connectivity index (χ3n) is 3.74. The van der Waals surface area contributed by atoms with Crippen molar-refractivity contribution in [3.05, 3.63) is 29.8 Å². The van der Waals surface area contributed by atoms with Gasteiger partial charge in [0.15, 0.2) is 0 Å². The first-order chi connectivity index (χ1) is 8.74. The van der Waals surface area contributed by atoms with Crippen molar-refractivity contribution in [2.24, 2.45) is 0 Å². The van der Waals surface area contributed by atoms with Crippen molar-refractivity contribution in [3.8, 4) is 5.75 Å². The normalized spacial score (nSPS) is 16.7. The Bertz CT molecular complexity index is 391. The molecular weight excluding hydrogens is 226 g/mol. The molecule has 2 rings (SSSR count). The zero-order valence-corrected chi connectivity index (χ0v) is 11.2. The topological polar surface area (TPSA) is 29.5 Å². The number of amides is 1. The Kier molecular flexibility index (Phi) is 4.24. The van der Waals surface area contributed by atoms with E-state index in [0.29, 0.717) is 12.3 Å². The zero-order chi connectivity index (χ0) is 13.0. The number of likely N-dealkylation sites (tertiary alicyclic amines) is 1. The number of piperidine rings is 1. The molecule has 0 radical (unpaired) electrons. The molecule has 1 aliphatic rings. The second-order valence-corrected chi connectivity index (χ2v) is 4.78. The fourth-order valence-electron chi connectivity index (χ4n) is 2.56. The quantitative estimate of drug-likeness (QED) is 0.822. The standard InChI is InChI=1S/C15H21NO2/c1-3-15(17)16-10-8-13(9-11-16)12-4-6-14(18-2)7-5-12/h4-7,13H,3,8-11H2,1-2H3. The molecule has 1 aromatic carbocycles. The summed E-state index contributed by atoms with van der Waals surface area (Å²) in [7, 11) is 1.68. The Morgan fingerprint density at radius 3 is 2.39 bits per heavy atom. The van der Waals surface area contributed by atoms with Crippen LogP contribution in [0.3, 0.4) is 0 Å². The van der Waals surface area contributed by atoms with Crippen LogP contribution in [-0.2, 0) is 4.79 Å². The second-order valence-electron chi connectivity index (χ2n) is 4.78. The van der Waals surface area contributed by atoms with E-state index in [4.69, 9.17) is 4.74 Å². The van der Waals surface area contributed by atoms with E-state index < -0.39 is 0 Å². The number of rotatable bonds is 3. The van der Waals surface area contributed by atoms with Crippen LogP contribution >= 0.6 is 0 Å². The number of hydrogen-bond donors (Lipinski definition) is 0. The van der Waals surface area contributed by atoms with Gasteiger partial charge in [0.25, 0.3) is 0 Å². The maximum absolute atomic E-state index is 11.6. The highest BCUT2D eigenvalue weighted by Crippen LogP contribution is 2.29. The third-order valence-corrected chi connectivity index (χ3v) is 3.74. The van der Waals surface area contributed by atoms with Gasteiger partial charge in [-0.05, 0) is 36.5 Å². The molecule has 98 valence electrons. The average molecular weight is 247 g/mol. The first-order valence-electron chi connectivity index (χ1n) is 6.66. The number of carbonyl (C=O) groups excluding carboxylic acids is 1. The molecule has 1 saturated heterocycles. The van der Waals surface area contributed by atoms with E-state index in [0.717, 1.165) is 31.7 Å². The number of benzene rings is 1. The van der Waals surface area contributed by atoms with E-state index in [1.54, 1.807) is 7.11 Å². The van der Waals surface area contributed by atoms with E-state index in [1.165, 1.54) is 5.56 Å². The number of carbonyl (C=O) groups is 1. The van der Waals surface area contributed by atoms with Gasteiger partial charge in [0.1, 0.15) is 5.75 Å². The maximum Gasteiger partial charge on any atom is 0.222 e. The molecule has 1 amide bonds. The highest BCUT2D eigenvalue weighted by molar-refractivity contribution is 5.75. The summed E-state index contributed by atoms with van der Waals surface area (Å²) in [5.74, 6) is 1.76. The van der Waals surface area contributed by atoms with Gasteiger partial charge in [-0.25, -0.2) is 0 Å². The van der Waals surface area contributed by atoms with Gasteiger partial charge in [-0.2, -0.15) is 0 Å². The molecule has 0 bridgehead atoms. The first-order valence-corrected chi connectivity index (χ1v) is 6.66. The highest BCUT2D eigenvalue weighted by atomic mass is 16.5. The minimum Gasteiger partial charge on any atom is -0.497 e. The van der Waals surface area contributed by atoms with Gasteiger partial charge in [-0.3, -0.25) is 4.79 Å². The molecule has 1 aliphatic heterocycles. The second kappa shape index (κ2) is 5.89. The largest absolute Gasteiger partial charge is 0.497 e. The van der Waals surface area contributed by atoms with Crippen LogP contribution in [0.15, 0.2) is 24.3 Å². The predicted octanol–water partition coefficient (Wildman–Crippen LogP) is 2.81. The van der Waals surface area contributed by atoms with Crippen molar-refractivity contribution in [2.75, 3.05) is 20.2 Å². The van der Waals surface area contributed by atoms with Crippen LogP contribution in [0.4, 0.5) is 0 Å². The minimum absolute atomic E-state index is 0.281. The molecule has 0 N–H and O–H groups in total. The summed E-state index contributed by atoms with van der Waals surface area (Å²) in [6.07, 6.45) is 2.75. The molecule has 0 spiro atoms. The maximum atomic E-state index is 11.6. The molecule has 3 nitrogen and oxygen atoms in total. The molecule has 3 heteroatoms. The van der Waals surface area contributed by atoms with E-state index >= 15 is 0 Å². The molecule has 1 heterocycles. The monoisotopic (exact) mass is 247 g/mol. The van der Waals surface area contributed by atoms with E-state index in [-0.39, 0.29) is 5.91 Å². The lowest BCUT2D eigenvalue weighted by Crippen LogP contribution is -2.37. The van der Waals surface area contributed by atoms with Crippen LogP contribution in [-0.4, -0.2) is 31.0 Å². The number of nitrogens with zero attached hydrogens (tertiary/aromatic N) is 1. The summed E-state index contributed by atoms with van der Waals surface area (Å²) >= 11 is 0. The van der Waals surface area contributed by atoms with Crippen molar-refractivity contribution >= 4 is 5.91 Å². The van der Waals surface area contributed by atoms with E-state index in [1.807, 2.05) is 24.0 Å². The minimum atomic E-state index is 0.281.